The molecular weight excluding hydrogens is 222 g/mol. The first-order chi connectivity index (χ1) is 8.63. The number of carbonyl (C=O) groups is 1. The largest absolute Gasteiger partial charge is 0.309 e. The van der Waals surface area contributed by atoms with Gasteiger partial charge in [0.25, 0.3) is 0 Å². The normalized spacial score (nSPS) is 15.2. The van der Waals surface area contributed by atoms with Crippen molar-refractivity contribution in [1.82, 2.24) is 5.32 Å². The molecule has 0 spiro atoms. The van der Waals surface area contributed by atoms with E-state index in [1.807, 2.05) is 0 Å². The summed E-state index contributed by atoms with van der Waals surface area (Å²) in [7, 11) is 0. The minimum Gasteiger partial charge on any atom is -0.309 e. The molecule has 0 heterocycles. The fraction of sp³-hybridized carbons (Fsp3) is 0.562. The van der Waals surface area contributed by atoms with Gasteiger partial charge in [-0.05, 0) is 42.4 Å². The van der Waals surface area contributed by atoms with Crippen molar-refractivity contribution in [3.05, 3.63) is 34.9 Å². The highest BCUT2D eigenvalue weighted by Gasteiger charge is 2.21. The highest BCUT2D eigenvalue weighted by atomic mass is 16.1. The Balaban J connectivity index is 2.14. The van der Waals surface area contributed by atoms with Crippen molar-refractivity contribution in [2.75, 3.05) is 13.1 Å². The van der Waals surface area contributed by atoms with Gasteiger partial charge in [-0.25, -0.2) is 0 Å². The van der Waals surface area contributed by atoms with Gasteiger partial charge >= 0.3 is 0 Å². The molecule has 2 nitrogen and oxygen atoms in total. The molecule has 0 saturated heterocycles. The van der Waals surface area contributed by atoms with Crippen LogP contribution in [-0.2, 0) is 23.1 Å². The summed E-state index contributed by atoms with van der Waals surface area (Å²) in [5.41, 5.74) is 4.51. The molecule has 0 amide bonds. The van der Waals surface area contributed by atoms with Gasteiger partial charge in [-0.3, -0.25) is 0 Å². The van der Waals surface area contributed by atoms with Crippen LogP contribution in [0, 0.1) is 0 Å². The van der Waals surface area contributed by atoms with Gasteiger partial charge in [-0.1, -0.05) is 32.0 Å². The Morgan fingerprint density at radius 2 is 1.94 bits per heavy atom. The lowest BCUT2D eigenvalue weighted by Crippen LogP contribution is -2.34. The third-order valence-electron chi connectivity index (χ3n) is 3.92. The van der Waals surface area contributed by atoms with Gasteiger partial charge < -0.3 is 10.1 Å². The summed E-state index contributed by atoms with van der Waals surface area (Å²) in [4.78, 5) is 10.4. The van der Waals surface area contributed by atoms with Crippen molar-refractivity contribution in [1.29, 1.82) is 0 Å². The van der Waals surface area contributed by atoms with Crippen molar-refractivity contribution >= 4 is 6.29 Å². The number of nitrogens with one attached hydrogen (secondary N) is 1. The Morgan fingerprint density at radius 1 is 1.22 bits per heavy atom. The van der Waals surface area contributed by atoms with Crippen LogP contribution in [0.15, 0.2) is 18.2 Å². The van der Waals surface area contributed by atoms with Gasteiger partial charge in [0.15, 0.2) is 0 Å². The summed E-state index contributed by atoms with van der Waals surface area (Å²) in [5, 5.41) is 3.19. The first-order valence-corrected chi connectivity index (χ1v) is 6.90. The van der Waals surface area contributed by atoms with Gasteiger partial charge in [0.1, 0.15) is 6.29 Å². The molecule has 1 aliphatic carbocycles. The van der Waals surface area contributed by atoms with Gasteiger partial charge in [0, 0.05) is 12.0 Å². The van der Waals surface area contributed by atoms with E-state index in [1.165, 1.54) is 42.4 Å². The molecule has 1 aromatic carbocycles. The van der Waals surface area contributed by atoms with E-state index in [9.17, 15) is 4.79 Å². The average Bonchev–Trinajstić information content (AvgIpc) is 2.38. The molecule has 0 aliphatic heterocycles. The van der Waals surface area contributed by atoms with E-state index >= 15 is 0 Å². The molecule has 0 radical (unpaired) electrons. The van der Waals surface area contributed by atoms with Crippen LogP contribution in [0.25, 0.3) is 0 Å². The standard InChI is InChI=1S/C16H23NO/c1-16(2,12-17-9-10-18)15-8-7-13-5-3-4-6-14(13)11-15/h7-8,10-11,17H,3-6,9,12H2,1-2H3. The summed E-state index contributed by atoms with van der Waals surface area (Å²) in [6, 6.07) is 6.93. The lowest BCUT2D eigenvalue weighted by Gasteiger charge is -2.27. The second-order valence-electron chi connectivity index (χ2n) is 5.87. The molecule has 18 heavy (non-hydrogen) atoms. The average molecular weight is 245 g/mol. The molecule has 0 saturated carbocycles. The van der Waals surface area contributed by atoms with Crippen LogP contribution >= 0.6 is 0 Å². The van der Waals surface area contributed by atoms with Crippen molar-refractivity contribution in [3.63, 3.8) is 0 Å². The smallest absolute Gasteiger partial charge is 0.133 e. The molecule has 0 aromatic heterocycles. The van der Waals surface area contributed by atoms with Crippen LogP contribution in [0.1, 0.15) is 43.4 Å². The number of rotatable bonds is 5. The number of aldehydes is 1. The zero-order chi connectivity index (χ0) is 13.0. The summed E-state index contributed by atoms with van der Waals surface area (Å²) < 4.78 is 0. The Morgan fingerprint density at radius 3 is 2.67 bits per heavy atom. The first-order valence-electron chi connectivity index (χ1n) is 6.90. The molecule has 98 valence electrons. The molecule has 1 aliphatic rings. The summed E-state index contributed by atoms with van der Waals surface area (Å²) in [5.74, 6) is 0. The Labute approximate surface area is 110 Å². The summed E-state index contributed by atoms with van der Waals surface area (Å²) in [6.45, 7) is 5.74. The van der Waals surface area contributed by atoms with E-state index in [4.69, 9.17) is 0 Å². The summed E-state index contributed by atoms with van der Waals surface area (Å²) in [6.07, 6.45) is 6.03. The van der Waals surface area contributed by atoms with E-state index < -0.39 is 0 Å². The van der Waals surface area contributed by atoms with Crippen LogP contribution in [0.4, 0.5) is 0 Å². The molecule has 0 unspecified atom stereocenters. The molecule has 0 atom stereocenters. The third kappa shape index (κ3) is 2.99. The topological polar surface area (TPSA) is 29.1 Å². The maximum Gasteiger partial charge on any atom is 0.133 e. The summed E-state index contributed by atoms with van der Waals surface area (Å²) >= 11 is 0. The molecule has 0 bridgehead atoms. The Hall–Kier alpha value is -1.15. The van der Waals surface area contributed by atoms with Gasteiger partial charge in [0.2, 0.25) is 0 Å². The maximum atomic E-state index is 10.4. The monoisotopic (exact) mass is 245 g/mol. The second kappa shape index (κ2) is 5.66. The van der Waals surface area contributed by atoms with E-state index in [0.29, 0.717) is 6.54 Å². The molecule has 1 aromatic rings. The van der Waals surface area contributed by atoms with E-state index in [-0.39, 0.29) is 5.41 Å². The minimum atomic E-state index is 0.0789. The molecular formula is C16H23NO. The van der Waals surface area contributed by atoms with Crippen molar-refractivity contribution in [2.45, 2.75) is 44.9 Å². The van der Waals surface area contributed by atoms with E-state index in [1.54, 1.807) is 0 Å². The second-order valence-corrected chi connectivity index (χ2v) is 5.87. The van der Waals surface area contributed by atoms with Crippen LogP contribution in [-0.4, -0.2) is 19.4 Å². The fourth-order valence-electron chi connectivity index (χ4n) is 2.70. The zero-order valence-corrected chi connectivity index (χ0v) is 11.5. The van der Waals surface area contributed by atoms with Crippen LogP contribution < -0.4 is 5.32 Å². The van der Waals surface area contributed by atoms with Crippen LogP contribution in [0.2, 0.25) is 0 Å². The minimum absolute atomic E-state index is 0.0789. The maximum absolute atomic E-state index is 10.4. The van der Waals surface area contributed by atoms with Crippen molar-refractivity contribution < 1.29 is 4.79 Å². The highest BCUT2D eigenvalue weighted by Crippen LogP contribution is 2.28. The fourth-order valence-corrected chi connectivity index (χ4v) is 2.70. The quantitative estimate of drug-likeness (QED) is 0.638. The first kappa shape index (κ1) is 13.3. The number of hydrogen-bond donors (Lipinski definition) is 1. The lowest BCUT2D eigenvalue weighted by atomic mass is 9.81. The lowest BCUT2D eigenvalue weighted by molar-refractivity contribution is -0.107. The van der Waals surface area contributed by atoms with Crippen LogP contribution in [0.3, 0.4) is 0 Å². The predicted molar refractivity (Wildman–Crippen MR) is 75.0 cm³/mol. The highest BCUT2D eigenvalue weighted by molar-refractivity contribution is 5.51. The van der Waals surface area contributed by atoms with E-state index in [0.717, 1.165) is 12.8 Å². The molecule has 2 rings (SSSR count). The van der Waals surface area contributed by atoms with Crippen LogP contribution in [0.5, 0.6) is 0 Å². The van der Waals surface area contributed by atoms with Gasteiger partial charge in [-0.2, -0.15) is 0 Å². The Bertz CT molecular complexity index is 423. The van der Waals surface area contributed by atoms with Gasteiger partial charge in [-0.15, -0.1) is 0 Å². The Kier molecular flexibility index (Phi) is 4.18. The third-order valence-corrected chi connectivity index (χ3v) is 3.92. The van der Waals surface area contributed by atoms with Gasteiger partial charge in [0.05, 0.1) is 6.54 Å². The zero-order valence-electron chi connectivity index (χ0n) is 11.5. The predicted octanol–water partition coefficient (Wildman–Crippen LogP) is 2.63. The molecule has 1 N–H and O–H groups in total. The number of carbonyl (C=O) groups excluding carboxylic acids is 1. The SMILES string of the molecule is CC(C)(CNCC=O)c1ccc2c(c1)CCCC2. The molecule has 2 heteroatoms. The van der Waals surface area contributed by atoms with Crippen molar-refractivity contribution in [2.24, 2.45) is 0 Å². The van der Waals surface area contributed by atoms with Crippen molar-refractivity contribution in [3.8, 4) is 0 Å². The molecule has 0 fully saturated rings. The number of aryl methyl sites for hydroxylation is 2. The number of fused-ring (bicyclic) bond motifs is 1. The van der Waals surface area contributed by atoms with E-state index in [2.05, 4.69) is 37.4 Å². The number of hydrogen-bond acceptors (Lipinski definition) is 2. The number of benzene rings is 1.